The zero-order chi connectivity index (χ0) is 19.0. The smallest absolute Gasteiger partial charge is 0.410 e. The van der Waals surface area contributed by atoms with E-state index in [0.717, 1.165) is 34.3 Å². The molecule has 2 aromatic carbocycles. The lowest BCUT2D eigenvalue weighted by atomic mass is 9.92. The Balaban J connectivity index is 1.89. The molecule has 3 aromatic rings. The van der Waals surface area contributed by atoms with Gasteiger partial charge >= 0.3 is 6.09 Å². The van der Waals surface area contributed by atoms with Crippen LogP contribution in [0.4, 0.5) is 4.79 Å². The van der Waals surface area contributed by atoms with Crippen LogP contribution in [-0.4, -0.2) is 36.2 Å². The van der Waals surface area contributed by atoms with Gasteiger partial charge in [0.25, 0.3) is 0 Å². The summed E-state index contributed by atoms with van der Waals surface area (Å²) < 4.78 is 10.7. The number of nitrogens with one attached hydrogen (secondary N) is 1. The summed E-state index contributed by atoms with van der Waals surface area (Å²) in [6.07, 6.45) is 0.433. The third kappa shape index (κ3) is 3.12. The number of rotatable bonds is 3. The average Bonchev–Trinajstić information content (AvgIpc) is 3.05. The zero-order valence-corrected chi connectivity index (χ0v) is 16.0. The van der Waals surface area contributed by atoms with Gasteiger partial charge in [0.15, 0.2) is 0 Å². The first-order valence-electron chi connectivity index (χ1n) is 8.99. The Morgan fingerprint density at radius 1 is 1.30 bits per heavy atom. The van der Waals surface area contributed by atoms with Gasteiger partial charge in [-0.3, -0.25) is 4.90 Å². The van der Waals surface area contributed by atoms with Crippen molar-refractivity contribution in [2.24, 2.45) is 0 Å². The highest BCUT2D eigenvalue weighted by atomic mass is 35.5. The summed E-state index contributed by atoms with van der Waals surface area (Å²) in [6.45, 7) is 2.74. The van der Waals surface area contributed by atoms with Crippen LogP contribution < -0.4 is 4.74 Å². The molecule has 0 spiro atoms. The quantitative estimate of drug-likeness (QED) is 0.696. The van der Waals surface area contributed by atoms with Crippen molar-refractivity contribution in [3.8, 4) is 5.75 Å². The number of aromatic amines is 1. The van der Waals surface area contributed by atoms with Gasteiger partial charge in [-0.05, 0) is 54.8 Å². The fourth-order valence-electron chi connectivity index (χ4n) is 3.82. The summed E-state index contributed by atoms with van der Waals surface area (Å²) in [5.74, 6) is 0.752. The second-order valence-electron chi connectivity index (χ2n) is 6.53. The number of fused-ring (bicyclic) bond motifs is 3. The van der Waals surface area contributed by atoms with Crippen LogP contribution in [-0.2, 0) is 11.2 Å². The maximum atomic E-state index is 12.7. The lowest BCUT2D eigenvalue weighted by Crippen LogP contribution is -2.41. The molecule has 5 nitrogen and oxygen atoms in total. The van der Waals surface area contributed by atoms with E-state index in [1.165, 1.54) is 5.56 Å². The van der Waals surface area contributed by atoms with Crippen molar-refractivity contribution in [1.29, 1.82) is 0 Å². The van der Waals surface area contributed by atoms with Gasteiger partial charge in [-0.1, -0.05) is 23.7 Å². The van der Waals surface area contributed by atoms with Crippen LogP contribution in [0, 0.1) is 0 Å². The number of halogens is 1. The van der Waals surface area contributed by atoms with Gasteiger partial charge in [-0.25, -0.2) is 4.79 Å². The van der Waals surface area contributed by atoms with Crippen LogP contribution in [0.1, 0.15) is 29.8 Å². The van der Waals surface area contributed by atoms with Gasteiger partial charge in [0.1, 0.15) is 11.8 Å². The number of benzene rings is 2. The predicted octanol–water partition coefficient (Wildman–Crippen LogP) is 4.93. The normalized spacial score (nSPS) is 16.3. The van der Waals surface area contributed by atoms with Crippen molar-refractivity contribution in [2.75, 3.05) is 20.3 Å². The minimum atomic E-state index is -0.312. The fourth-order valence-corrected chi connectivity index (χ4v) is 3.99. The Hall–Kier alpha value is -2.66. The van der Waals surface area contributed by atoms with E-state index < -0.39 is 0 Å². The highest BCUT2D eigenvalue weighted by Gasteiger charge is 2.35. The molecule has 2 heterocycles. The first kappa shape index (κ1) is 17.7. The molecule has 1 amide bonds. The number of amides is 1. The van der Waals surface area contributed by atoms with Crippen LogP contribution in [0.5, 0.6) is 5.75 Å². The first-order chi connectivity index (χ1) is 13.1. The van der Waals surface area contributed by atoms with E-state index in [4.69, 9.17) is 21.1 Å². The number of H-pyrrole nitrogens is 1. The van der Waals surface area contributed by atoms with E-state index >= 15 is 0 Å². The molecule has 1 aromatic heterocycles. The molecule has 1 aliphatic heterocycles. The highest BCUT2D eigenvalue weighted by molar-refractivity contribution is 6.31. The lowest BCUT2D eigenvalue weighted by molar-refractivity contribution is 0.0931. The number of methoxy groups -OCH3 is 1. The van der Waals surface area contributed by atoms with Crippen molar-refractivity contribution < 1.29 is 14.3 Å². The van der Waals surface area contributed by atoms with Crippen LogP contribution in [0.25, 0.3) is 10.9 Å². The number of ether oxygens (including phenoxy) is 2. The fraction of sp³-hybridized carbons (Fsp3) is 0.286. The molecule has 0 bridgehead atoms. The Bertz CT molecular complexity index is 998. The second-order valence-corrected chi connectivity index (χ2v) is 6.97. The molecular weight excluding hydrogens is 364 g/mol. The number of carbonyl (C=O) groups is 1. The number of aromatic nitrogens is 1. The second kappa shape index (κ2) is 7.16. The largest absolute Gasteiger partial charge is 0.497 e. The van der Waals surface area contributed by atoms with E-state index in [1.54, 1.807) is 12.0 Å². The molecule has 0 fully saturated rings. The third-order valence-corrected chi connectivity index (χ3v) is 5.24. The van der Waals surface area contributed by atoms with Crippen molar-refractivity contribution in [3.05, 3.63) is 64.3 Å². The third-order valence-electron chi connectivity index (χ3n) is 5.00. The average molecular weight is 385 g/mol. The summed E-state index contributed by atoms with van der Waals surface area (Å²) in [7, 11) is 1.64. The maximum Gasteiger partial charge on any atom is 0.410 e. The van der Waals surface area contributed by atoms with Gasteiger partial charge in [0.2, 0.25) is 0 Å². The van der Waals surface area contributed by atoms with Crippen molar-refractivity contribution in [3.63, 3.8) is 0 Å². The molecule has 1 N–H and O–H groups in total. The van der Waals surface area contributed by atoms with Gasteiger partial charge < -0.3 is 14.5 Å². The lowest BCUT2D eigenvalue weighted by Gasteiger charge is -2.35. The van der Waals surface area contributed by atoms with E-state index in [2.05, 4.69) is 4.98 Å². The Labute approximate surface area is 162 Å². The van der Waals surface area contributed by atoms with Crippen LogP contribution >= 0.6 is 11.6 Å². The SMILES string of the molecule is CCOC(=O)N1CCc2c([nH]c3ccc(Cl)cc23)C1c1cccc(OC)c1. The van der Waals surface area contributed by atoms with E-state index in [-0.39, 0.29) is 12.1 Å². The summed E-state index contributed by atoms with van der Waals surface area (Å²) in [4.78, 5) is 17.9. The van der Waals surface area contributed by atoms with E-state index in [1.807, 2.05) is 49.4 Å². The van der Waals surface area contributed by atoms with Crippen molar-refractivity contribution in [1.82, 2.24) is 9.88 Å². The van der Waals surface area contributed by atoms with Gasteiger partial charge in [0, 0.05) is 28.2 Å². The Kier molecular flexibility index (Phi) is 4.70. The van der Waals surface area contributed by atoms with Gasteiger partial charge in [-0.2, -0.15) is 0 Å². The monoisotopic (exact) mass is 384 g/mol. The Morgan fingerprint density at radius 2 is 2.15 bits per heavy atom. The van der Waals surface area contributed by atoms with Gasteiger partial charge in [-0.15, -0.1) is 0 Å². The Morgan fingerprint density at radius 3 is 2.93 bits per heavy atom. The minimum absolute atomic E-state index is 0.269. The minimum Gasteiger partial charge on any atom is -0.497 e. The molecule has 27 heavy (non-hydrogen) atoms. The maximum absolute atomic E-state index is 12.7. The van der Waals surface area contributed by atoms with E-state index in [9.17, 15) is 4.79 Å². The van der Waals surface area contributed by atoms with Crippen LogP contribution in [0.3, 0.4) is 0 Å². The summed E-state index contributed by atoms with van der Waals surface area (Å²) in [6, 6.07) is 13.4. The summed E-state index contributed by atoms with van der Waals surface area (Å²) >= 11 is 6.22. The molecule has 1 aliphatic rings. The molecule has 6 heteroatoms. The van der Waals surface area contributed by atoms with Crippen molar-refractivity contribution in [2.45, 2.75) is 19.4 Å². The number of carbonyl (C=O) groups excluding carboxylic acids is 1. The molecule has 1 unspecified atom stereocenters. The molecule has 0 saturated carbocycles. The zero-order valence-electron chi connectivity index (χ0n) is 15.3. The number of hydrogen-bond donors (Lipinski definition) is 1. The first-order valence-corrected chi connectivity index (χ1v) is 9.37. The molecular formula is C21H21ClN2O3. The molecule has 0 saturated heterocycles. The molecule has 0 radical (unpaired) electrons. The summed E-state index contributed by atoms with van der Waals surface area (Å²) in [5.41, 5.74) is 4.18. The molecule has 140 valence electrons. The molecule has 4 rings (SSSR count). The summed E-state index contributed by atoms with van der Waals surface area (Å²) in [5, 5.41) is 1.81. The van der Waals surface area contributed by atoms with Gasteiger partial charge in [0.05, 0.1) is 13.7 Å². The standard InChI is InChI=1S/C21H21ClN2O3/c1-3-27-21(25)24-10-9-16-17-12-14(22)7-8-18(17)23-19(16)20(24)13-5-4-6-15(11-13)26-2/h4-8,11-12,20,23H,3,9-10H2,1-2H3. The topological polar surface area (TPSA) is 54.6 Å². The number of hydrogen-bond acceptors (Lipinski definition) is 3. The highest BCUT2D eigenvalue weighted by Crippen LogP contribution is 2.40. The van der Waals surface area contributed by atoms with Crippen LogP contribution in [0.15, 0.2) is 42.5 Å². The van der Waals surface area contributed by atoms with Crippen molar-refractivity contribution >= 4 is 28.6 Å². The van der Waals surface area contributed by atoms with E-state index in [0.29, 0.717) is 18.2 Å². The molecule has 0 aliphatic carbocycles. The van der Waals surface area contributed by atoms with Crippen LogP contribution in [0.2, 0.25) is 5.02 Å². The predicted molar refractivity (Wildman–Crippen MR) is 106 cm³/mol. The number of nitrogens with zero attached hydrogens (tertiary/aromatic N) is 1. The molecule has 1 atom stereocenters.